The third-order valence-electron chi connectivity index (χ3n) is 6.98. The lowest BCUT2D eigenvalue weighted by Crippen LogP contribution is -2.07. The Morgan fingerprint density at radius 3 is 2.35 bits per heavy atom. The molecule has 0 fully saturated rings. The average molecular weight is 629 g/mol. The zero-order valence-electron chi connectivity index (χ0n) is 25.4. The molecule has 0 atom stereocenters. The molecule has 0 saturated heterocycles. The van der Waals surface area contributed by atoms with Crippen LogP contribution in [-0.2, 0) is 17.8 Å². The fraction of sp³-hybridized carbons (Fsp3) is 0.235. The zero-order valence-corrected chi connectivity index (χ0v) is 25.4. The standard InChI is InChI=1S/C34H32N2O10/c1-4-11-43-31-16-24(13-23(33(37)38)12-22-15-29-30(46-19-45-29)17-27(22)42-3)35-32(36-31)20-9-10-26(41-2)28(14-20)44-18-21-7-5-6-8-25(21)34(39)40/h5-10,13-17H,4,11-12,18-19H2,1-3H3,(H,37,38)(H,39,40)/b23-13+. The van der Waals surface area contributed by atoms with Crippen LogP contribution in [0, 0.1) is 0 Å². The van der Waals surface area contributed by atoms with Crippen LogP contribution in [0.5, 0.6) is 34.6 Å². The van der Waals surface area contributed by atoms with Crippen molar-refractivity contribution in [2.75, 3.05) is 27.6 Å². The number of hydrogen-bond donors (Lipinski definition) is 2. The summed E-state index contributed by atoms with van der Waals surface area (Å²) >= 11 is 0. The highest BCUT2D eigenvalue weighted by Crippen LogP contribution is 2.39. The van der Waals surface area contributed by atoms with Gasteiger partial charge in [0.1, 0.15) is 12.4 Å². The maximum Gasteiger partial charge on any atom is 0.336 e. The predicted molar refractivity (Wildman–Crippen MR) is 166 cm³/mol. The van der Waals surface area contributed by atoms with Crippen LogP contribution in [0.2, 0.25) is 0 Å². The Morgan fingerprint density at radius 1 is 0.870 bits per heavy atom. The quantitative estimate of drug-likeness (QED) is 0.165. The van der Waals surface area contributed by atoms with Crippen molar-refractivity contribution in [1.82, 2.24) is 9.97 Å². The van der Waals surface area contributed by atoms with E-state index in [2.05, 4.69) is 9.97 Å². The summed E-state index contributed by atoms with van der Waals surface area (Å²) in [4.78, 5) is 33.3. The Labute approximate surface area is 264 Å². The van der Waals surface area contributed by atoms with E-state index in [1.54, 1.807) is 54.6 Å². The molecule has 0 aliphatic carbocycles. The van der Waals surface area contributed by atoms with Crippen LogP contribution < -0.4 is 28.4 Å². The topological polar surface area (TPSA) is 156 Å². The van der Waals surface area contributed by atoms with E-state index in [4.69, 9.17) is 28.4 Å². The number of benzene rings is 3. The van der Waals surface area contributed by atoms with Gasteiger partial charge in [-0.1, -0.05) is 25.1 Å². The second-order valence-electron chi connectivity index (χ2n) is 10.1. The van der Waals surface area contributed by atoms with Crippen LogP contribution in [0.3, 0.4) is 0 Å². The summed E-state index contributed by atoms with van der Waals surface area (Å²) < 4.78 is 33.7. The number of rotatable bonds is 14. The molecule has 0 spiro atoms. The smallest absolute Gasteiger partial charge is 0.336 e. The van der Waals surface area contributed by atoms with Crippen molar-refractivity contribution in [2.45, 2.75) is 26.4 Å². The second-order valence-corrected chi connectivity index (χ2v) is 10.1. The number of carboxylic acid groups (broad SMARTS) is 2. The molecular formula is C34H32N2O10. The molecule has 2 N–H and O–H groups in total. The molecule has 1 aliphatic rings. The number of methoxy groups -OCH3 is 2. The predicted octanol–water partition coefficient (Wildman–Crippen LogP) is 5.67. The average Bonchev–Trinajstić information content (AvgIpc) is 3.52. The van der Waals surface area contributed by atoms with Gasteiger partial charge in [0.05, 0.1) is 32.1 Å². The largest absolute Gasteiger partial charge is 0.496 e. The molecule has 2 heterocycles. The molecule has 12 nitrogen and oxygen atoms in total. The van der Waals surface area contributed by atoms with E-state index in [0.717, 1.165) is 6.42 Å². The number of nitrogens with zero attached hydrogens (tertiary/aromatic N) is 2. The van der Waals surface area contributed by atoms with E-state index >= 15 is 0 Å². The minimum Gasteiger partial charge on any atom is -0.496 e. The van der Waals surface area contributed by atoms with Gasteiger partial charge in [-0.15, -0.1) is 0 Å². The molecule has 4 aromatic rings. The minimum atomic E-state index is -1.14. The highest BCUT2D eigenvalue weighted by molar-refractivity contribution is 5.92. The number of hydrogen-bond acceptors (Lipinski definition) is 10. The number of fused-ring (bicyclic) bond motifs is 1. The third-order valence-corrected chi connectivity index (χ3v) is 6.98. The van der Waals surface area contributed by atoms with Crippen molar-refractivity contribution >= 4 is 18.0 Å². The van der Waals surface area contributed by atoms with Crippen LogP contribution in [0.1, 0.15) is 40.5 Å². The maximum atomic E-state index is 12.4. The molecule has 238 valence electrons. The lowest BCUT2D eigenvalue weighted by molar-refractivity contribution is -0.132. The van der Waals surface area contributed by atoms with E-state index in [1.807, 2.05) is 6.92 Å². The fourth-order valence-electron chi connectivity index (χ4n) is 4.73. The zero-order chi connectivity index (χ0) is 32.6. The molecule has 0 bridgehead atoms. The number of aliphatic carboxylic acids is 1. The van der Waals surface area contributed by atoms with E-state index in [0.29, 0.717) is 57.7 Å². The summed E-state index contributed by atoms with van der Waals surface area (Å²) in [5, 5.41) is 19.7. The minimum absolute atomic E-state index is 0.0119. The lowest BCUT2D eigenvalue weighted by Gasteiger charge is -2.14. The lowest BCUT2D eigenvalue weighted by atomic mass is 10.0. The summed E-state index contributed by atoms with van der Waals surface area (Å²) in [7, 11) is 2.99. The monoisotopic (exact) mass is 628 g/mol. The number of aromatic carboxylic acids is 1. The van der Waals surface area contributed by atoms with Gasteiger partial charge in [0.2, 0.25) is 12.7 Å². The molecule has 0 unspecified atom stereocenters. The fourth-order valence-corrected chi connectivity index (χ4v) is 4.73. The van der Waals surface area contributed by atoms with Gasteiger partial charge >= 0.3 is 11.9 Å². The first-order chi connectivity index (χ1) is 22.3. The van der Waals surface area contributed by atoms with Gasteiger partial charge in [-0.3, -0.25) is 0 Å². The highest BCUT2D eigenvalue weighted by Gasteiger charge is 2.21. The summed E-state index contributed by atoms with van der Waals surface area (Å²) in [6, 6.07) is 16.6. The first kappa shape index (κ1) is 31.6. The van der Waals surface area contributed by atoms with E-state index in [9.17, 15) is 19.8 Å². The van der Waals surface area contributed by atoms with Crippen LogP contribution in [0.15, 0.2) is 66.2 Å². The normalized spacial score (nSPS) is 12.0. The molecule has 5 rings (SSSR count). The summed E-state index contributed by atoms with van der Waals surface area (Å²) in [5.74, 6) is 0.554. The van der Waals surface area contributed by atoms with Gasteiger partial charge in [0, 0.05) is 40.8 Å². The first-order valence-electron chi connectivity index (χ1n) is 14.3. The second kappa shape index (κ2) is 14.3. The van der Waals surface area contributed by atoms with Gasteiger partial charge in [0.15, 0.2) is 28.8 Å². The number of carboxylic acids is 2. The molecule has 0 saturated carbocycles. The van der Waals surface area contributed by atoms with Gasteiger partial charge in [-0.05, 0) is 42.8 Å². The van der Waals surface area contributed by atoms with Crippen molar-refractivity contribution in [3.63, 3.8) is 0 Å². The van der Waals surface area contributed by atoms with Crippen LogP contribution in [-0.4, -0.2) is 59.7 Å². The Morgan fingerprint density at radius 2 is 1.63 bits per heavy atom. The molecule has 46 heavy (non-hydrogen) atoms. The summed E-state index contributed by atoms with van der Waals surface area (Å²) in [5.41, 5.74) is 2.10. The Balaban J connectivity index is 1.50. The molecule has 3 aromatic carbocycles. The number of aromatic nitrogens is 2. The SMILES string of the molecule is CCCOc1cc(/C=C(\Cc2cc3c(cc2OC)OCO3)C(=O)O)nc(-c2ccc(OC)c(OCc3ccccc3C(=O)O)c2)n1. The molecule has 1 aromatic heterocycles. The van der Waals surface area contributed by atoms with Crippen LogP contribution >= 0.6 is 0 Å². The first-order valence-corrected chi connectivity index (χ1v) is 14.3. The van der Waals surface area contributed by atoms with Crippen molar-refractivity contribution in [3.05, 3.63) is 88.6 Å². The van der Waals surface area contributed by atoms with Gasteiger partial charge in [0.25, 0.3) is 0 Å². The van der Waals surface area contributed by atoms with Gasteiger partial charge < -0.3 is 38.6 Å². The number of carbonyl (C=O) groups is 2. The third kappa shape index (κ3) is 7.29. The van der Waals surface area contributed by atoms with E-state index in [1.165, 1.54) is 26.4 Å². The van der Waals surface area contributed by atoms with Crippen molar-refractivity contribution in [3.8, 4) is 46.0 Å². The molecule has 12 heteroatoms. The molecule has 0 amide bonds. The van der Waals surface area contributed by atoms with Crippen LogP contribution in [0.25, 0.3) is 17.5 Å². The molecule has 1 aliphatic heterocycles. The Kier molecular flexibility index (Phi) is 9.86. The van der Waals surface area contributed by atoms with Crippen LogP contribution in [0.4, 0.5) is 0 Å². The molecular weight excluding hydrogens is 596 g/mol. The van der Waals surface area contributed by atoms with Crippen molar-refractivity contribution < 1.29 is 48.2 Å². The van der Waals surface area contributed by atoms with E-state index in [-0.39, 0.29) is 42.7 Å². The Hall–Kier alpha value is -5.78. The highest BCUT2D eigenvalue weighted by atomic mass is 16.7. The molecule has 0 radical (unpaired) electrons. The van der Waals surface area contributed by atoms with Gasteiger partial charge in [-0.2, -0.15) is 4.98 Å². The number of ether oxygens (including phenoxy) is 6. The van der Waals surface area contributed by atoms with Gasteiger partial charge in [-0.25, -0.2) is 14.6 Å². The van der Waals surface area contributed by atoms with Crippen molar-refractivity contribution in [2.24, 2.45) is 0 Å². The Bertz CT molecular complexity index is 1790. The summed E-state index contributed by atoms with van der Waals surface area (Å²) in [6.07, 6.45) is 2.20. The van der Waals surface area contributed by atoms with E-state index < -0.39 is 11.9 Å². The maximum absolute atomic E-state index is 12.4. The van der Waals surface area contributed by atoms with Crippen molar-refractivity contribution in [1.29, 1.82) is 0 Å². The summed E-state index contributed by atoms with van der Waals surface area (Å²) in [6.45, 7) is 2.39.